The Labute approximate surface area is 225 Å². The van der Waals surface area contributed by atoms with Gasteiger partial charge in [0.2, 0.25) is 8.32 Å². The molecule has 1 aliphatic carbocycles. The van der Waals surface area contributed by atoms with Crippen molar-refractivity contribution in [2.24, 2.45) is 0 Å². The van der Waals surface area contributed by atoms with E-state index in [9.17, 15) is 5.11 Å². The SMILES string of the molecule is COc1ccc(CO[C@H]2[C@H](OCc3ccccc3)CC(O)CC[C@H]2O[Si](C(C)C)(C(C)C)C(C)C)cc1. The minimum absolute atomic E-state index is 0.130. The van der Waals surface area contributed by atoms with E-state index in [1.165, 1.54) is 0 Å². The van der Waals surface area contributed by atoms with Gasteiger partial charge in [-0.3, -0.25) is 0 Å². The van der Waals surface area contributed by atoms with Crippen LogP contribution < -0.4 is 4.74 Å². The van der Waals surface area contributed by atoms with Crippen LogP contribution in [0.3, 0.4) is 0 Å². The van der Waals surface area contributed by atoms with Gasteiger partial charge in [-0.05, 0) is 52.7 Å². The summed E-state index contributed by atoms with van der Waals surface area (Å²) in [5.74, 6) is 0.827. The maximum Gasteiger partial charge on any atom is 0.200 e. The molecule has 0 aromatic heterocycles. The molecule has 0 amide bonds. The smallest absolute Gasteiger partial charge is 0.200 e. The molecule has 3 rings (SSSR count). The molecule has 1 aliphatic rings. The molecule has 0 saturated heterocycles. The van der Waals surface area contributed by atoms with Crippen molar-refractivity contribution in [1.29, 1.82) is 0 Å². The highest BCUT2D eigenvalue weighted by atomic mass is 28.4. The van der Waals surface area contributed by atoms with Crippen LogP contribution in [0.2, 0.25) is 16.6 Å². The zero-order valence-electron chi connectivity index (χ0n) is 23.9. The van der Waals surface area contributed by atoms with Crippen LogP contribution in [0.25, 0.3) is 0 Å². The summed E-state index contributed by atoms with van der Waals surface area (Å²) in [7, 11) is -0.498. The predicted molar refractivity (Wildman–Crippen MR) is 152 cm³/mol. The summed E-state index contributed by atoms with van der Waals surface area (Å²) in [6, 6.07) is 18.2. The van der Waals surface area contributed by atoms with Crippen LogP contribution in [0.15, 0.2) is 54.6 Å². The van der Waals surface area contributed by atoms with Gasteiger partial charge in [-0.15, -0.1) is 0 Å². The van der Waals surface area contributed by atoms with Gasteiger partial charge in [0.1, 0.15) is 11.9 Å². The molecule has 0 aliphatic heterocycles. The fraction of sp³-hybridized carbons (Fsp3) is 0.613. The Morgan fingerprint density at radius 3 is 1.89 bits per heavy atom. The first-order valence-electron chi connectivity index (χ1n) is 13.9. The van der Waals surface area contributed by atoms with Crippen molar-refractivity contribution in [3.05, 3.63) is 65.7 Å². The van der Waals surface area contributed by atoms with Gasteiger partial charge in [0.15, 0.2) is 0 Å². The maximum atomic E-state index is 10.9. The van der Waals surface area contributed by atoms with Gasteiger partial charge in [0.25, 0.3) is 0 Å². The first kappa shape index (κ1) is 29.8. The number of aliphatic hydroxyl groups excluding tert-OH is 1. The summed E-state index contributed by atoms with van der Waals surface area (Å²) in [4.78, 5) is 0. The van der Waals surface area contributed by atoms with E-state index in [-0.39, 0.29) is 18.3 Å². The Kier molecular flexibility index (Phi) is 11.2. The molecule has 6 heteroatoms. The van der Waals surface area contributed by atoms with Crippen molar-refractivity contribution in [3.63, 3.8) is 0 Å². The molecule has 1 unspecified atom stereocenters. The van der Waals surface area contributed by atoms with E-state index in [4.69, 9.17) is 18.6 Å². The quantitative estimate of drug-likeness (QED) is 0.232. The van der Waals surface area contributed by atoms with E-state index in [1.807, 2.05) is 42.5 Å². The third kappa shape index (κ3) is 7.67. The Balaban J connectivity index is 1.90. The largest absolute Gasteiger partial charge is 0.497 e. The molecule has 2 aromatic rings. The molecule has 0 bridgehead atoms. The molecule has 206 valence electrons. The van der Waals surface area contributed by atoms with Crippen LogP contribution in [-0.4, -0.2) is 44.9 Å². The van der Waals surface area contributed by atoms with Gasteiger partial charge >= 0.3 is 0 Å². The highest BCUT2D eigenvalue weighted by Gasteiger charge is 2.49. The molecule has 4 atom stereocenters. The van der Waals surface area contributed by atoms with E-state index in [0.717, 1.165) is 23.3 Å². The summed E-state index contributed by atoms with van der Waals surface area (Å²) in [5, 5.41) is 10.9. The molecule has 0 radical (unpaired) electrons. The highest BCUT2D eigenvalue weighted by molar-refractivity contribution is 6.77. The normalized spacial score (nSPS) is 23.0. The van der Waals surface area contributed by atoms with Crippen LogP contribution in [0, 0.1) is 0 Å². The van der Waals surface area contributed by atoms with Crippen molar-refractivity contribution in [1.82, 2.24) is 0 Å². The lowest BCUT2D eigenvalue weighted by atomic mass is 10.1. The zero-order chi connectivity index (χ0) is 27.0. The third-order valence-electron chi connectivity index (χ3n) is 7.99. The highest BCUT2D eigenvalue weighted by Crippen LogP contribution is 2.45. The lowest BCUT2D eigenvalue weighted by Gasteiger charge is -2.46. The van der Waals surface area contributed by atoms with Crippen LogP contribution in [0.5, 0.6) is 5.75 Å². The van der Waals surface area contributed by atoms with Gasteiger partial charge in [-0.1, -0.05) is 84.0 Å². The second-order valence-electron chi connectivity index (χ2n) is 11.4. The minimum Gasteiger partial charge on any atom is -0.497 e. The number of benzene rings is 2. The first-order chi connectivity index (χ1) is 17.7. The molecule has 1 fully saturated rings. The Morgan fingerprint density at radius 1 is 0.757 bits per heavy atom. The van der Waals surface area contributed by atoms with E-state index >= 15 is 0 Å². The first-order valence-corrected chi connectivity index (χ1v) is 16.1. The predicted octanol–water partition coefficient (Wildman–Crippen LogP) is 7.27. The van der Waals surface area contributed by atoms with E-state index in [0.29, 0.717) is 42.7 Å². The second kappa shape index (κ2) is 13.9. The van der Waals surface area contributed by atoms with Crippen LogP contribution >= 0.6 is 0 Å². The summed E-state index contributed by atoms with van der Waals surface area (Å²) in [6.07, 6.45) is 0.895. The standard InChI is InChI=1S/C31H48O5Si/c1-22(2)37(23(3)4,24(5)6)36-29-18-15-27(32)19-30(34-20-25-11-9-8-10-12-25)31(29)35-21-26-13-16-28(33-7)17-14-26/h8-14,16-17,22-24,27,29-32H,15,18-21H2,1-7H3/t27?,29-,30-,31-/m1/s1. The summed E-state index contributed by atoms with van der Waals surface area (Å²) in [6.45, 7) is 14.8. The van der Waals surface area contributed by atoms with Gasteiger partial charge in [0, 0.05) is 6.42 Å². The van der Waals surface area contributed by atoms with Crippen LogP contribution in [-0.2, 0) is 27.1 Å². The molecule has 1 saturated carbocycles. The van der Waals surface area contributed by atoms with Crippen molar-refractivity contribution >= 4 is 8.32 Å². The maximum absolute atomic E-state index is 10.9. The van der Waals surface area contributed by atoms with Gasteiger partial charge in [0.05, 0.1) is 38.6 Å². The Morgan fingerprint density at radius 2 is 1.32 bits per heavy atom. The van der Waals surface area contributed by atoms with Gasteiger partial charge in [-0.2, -0.15) is 0 Å². The van der Waals surface area contributed by atoms with Gasteiger partial charge < -0.3 is 23.7 Å². The number of hydrogen-bond donors (Lipinski definition) is 1. The van der Waals surface area contributed by atoms with Crippen LogP contribution in [0.4, 0.5) is 0 Å². The molecule has 37 heavy (non-hydrogen) atoms. The fourth-order valence-electron chi connectivity index (χ4n) is 6.15. The lowest BCUT2D eigenvalue weighted by Crippen LogP contribution is -2.54. The van der Waals surface area contributed by atoms with Crippen molar-refractivity contribution < 1.29 is 23.7 Å². The molecule has 0 heterocycles. The second-order valence-corrected chi connectivity index (χ2v) is 16.8. The third-order valence-corrected chi connectivity index (χ3v) is 14.1. The topological polar surface area (TPSA) is 57.2 Å². The summed E-state index contributed by atoms with van der Waals surface area (Å²) < 4.78 is 25.8. The number of rotatable bonds is 12. The van der Waals surface area contributed by atoms with Crippen LogP contribution in [0.1, 0.15) is 71.9 Å². The molecule has 5 nitrogen and oxygen atoms in total. The lowest BCUT2D eigenvalue weighted by molar-refractivity contribution is -0.130. The van der Waals surface area contributed by atoms with E-state index < -0.39 is 14.4 Å². The average Bonchev–Trinajstić information content (AvgIpc) is 3.02. The Hall–Kier alpha value is -1.70. The summed E-state index contributed by atoms with van der Waals surface area (Å²) in [5.41, 5.74) is 3.58. The van der Waals surface area contributed by atoms with Crippen molar-refractivity contribution in [3.8, 4) is 5.75 Å². The van der Waals surface area contributed by atoms with E-state index in [2.05, 4.69) is 53.7 Å². The number of methoxy groups -OCH3 is 1. The number of hydrogen-bond acceptors (Lipinski definition) is 5. The molecular weight excluding hydrogens is 480 g/mol. The van der Waals surface area contributed by atoms with Gasteiger partial charge in [-0.25, -0.2) is 0 Å². The zero-order valence-corrected chi connectivity index (χ0v) is 24.9. The van der Waals surface area contributed by atoms with Crippen molar-refractivity contribution in [2.75, 3.05) is 7.11 Å². The molecule has 2 aromatic carbocycles. The van der Waals surface area contributed by atoms with Crippen molar-refractivity contribution in [2.45, 2.75) is 115 Å². The minimum atomic E-state index is -2.17. The molecule has 0 spiro atoms. The summed E-state index contributed by atoms with van der Waals surface area (Å²) >= 11 is 0. The monoisotopic (exact) mass is 528 g/mol. The van der Waals surface area contributed by atoms with E-state index in [1.54, 1.807) is 7.11 Å². The number of ether oxygens (including phenoxy) is 3. The average molecular weight is 529 g/mol. The fourth-order valence-corrected chi connectivity index (χ4v) is 11.7. The molecule has 1 N–H and O–H groups in total. The number of aliphatic hydroxyl groups is 1. The Bertz CT molecular complexity index is 893. The molecular formula is C31H48O5Si.